The molecule has 0 bridgehead atoms. The molecule has 1 aromatic carbocycles. The molecule has 0 spiro atoms. The smallest absolute Gasteiger partial charge is 0.312 e. The molecule has 0 fully saturated rings. The van der Waals surface area contributed by atoms with Gasteiger partial charge in [-0.05, 0) is 42.9 Å². The standard InChI is InChI=1S/C15H18ClNO2S/c1-4-15(14(18)19-2)8-10-7-11(16)5-6-12(10)17-13(9-15)20-3/h5-7H,4,8-9H2,1-3H3. The van der Waals surface area contributed by atoms with E-state index in [4.69, 9.17) is 16.3 Å². The fourth-order valence-electron chi connectivity index (χ4n) is 2.57. The Hall–Kier alpha value is -1.00. The van der Waals surface area contributed by atoms with Crippen molar-refractivity contribution >= 4 is 40.1 Å². The van der Waals surface area contributed by atoms with Crippen molar-refractivity contribution in [2.24, 2.45) is 10.4 Å². The maximum absolute atomic E-state index is 12.3. The fraction of sp³-hybridized carbons (Fsp3) is 0.467. The minimum Gasteiger partial charge on any atom is -0.469 e. The number of ether oxygens (including phenoxy) is 1. The summed E-state index contributed by atoms with van der Waals surface area (Å²) in [6, 6.07) is 5.65. The molecule has 1 atom stereocenters. The summed E-state index contributed by atoms with van der Waals surface area (Å²) in [5.74, 6) is -0.172. The normalized spacial score (nSPS) is 21.7. The van der Waals surface area contributed by atoms with Gasteiger partial charge in [-0.15, -0.1) is 11.8 Å². The summed E-state index contributed by atoms with van der Waals surface area (Å²) in [5, 5.41) is 1.62. The van der Waals surface area contributed by atoms with E-state index in [1.54, 1.807) is 11.8 Å². The van der Waals surface area contributed by atoms with E-state index in [1.807, 2.05) is 31.4 Å². The molecule has 0 saturated carbocycles. The molecule has 0 amide bonds. The summed E-state index contributed by atoms with van der Waals surface area (Å²) >= 11 is 7.66. The number of nitrogens with zero attached hydrogens (tertiary/aromatic N) is 1. The Morgan fingerprint density at radius 2 is 2.25 bits per heavy atom. The molecule has 0 saturated heterocycles. The number of fused-ring (bicyclic) bond motifs is 1. The first-order valence-corrected chi connectivity index (χ1v) is 8.13. The van der Waals surface area contributed by atoms with Crippen molar-refractivity contribution in [3.05, 3.63) is 28.8 Å². The second-order valence-electron chi connectivity index (χ2n) is 4.96. The first-order chi connectivity index (χ1) is 9.54. The first-order valence-electron chi connectivity index (χ1n) is 6.53. The van der Waals surface area contributed by atoms with Crippen molar-refractivity contribution in [2.75, 3.05) is 13.4 Å². The predicted molar refractivity (Wildman–Crippen MR) is 85.1 cm³/mol. The van der Waals surface area contributed by atoms with Crippen molar-refractivity contribution in [3.63, 3.8) is 0 Å². The number of halogens is 1. The van der Waals surface area contributed by atoms with E-state index in [0.29, 0.717) is 24.3 Å². The van der Waals surface area contributed by atoms with E-state index >= 15 is 0 Å². The van der Waals surface area contributed by atoms with Gasteiger partial charge < -0.3 is 4.74 Å². The highest BCUT2D eigenvalue weighted by Gasteiger charge is 2.41. The zero-order valence-corrected chi connectivity index (χ0v) is 13.5. The largest absolute Gasteiger partial charge is 0.469 e. The summed E-state index contributed by atoms with van der Waals surface area (Å²) in [4.78, 5) is 17.0. The van der Waals surface area contributed by atoms with Crippen LogP contribution in [-0.2, 0) is 16.0 Å². The van der Waals surface area contributed by atoms with Crippen LogP contribution in [0.3, 0.4) is 0 Å². The van der Waals surface area contributed by atoms with Crippen molar-refractivity contribution in [1.82, 2.24) is 0 Å². The SMILES string of the molecule is CCC1(C(=O)OC)CC(SC)=Nc2ccc(Cl)cc2C1. The summed E-state index contributed by atoms with van der Waals surface area (Å²) < 4.78 is 5.04. The van der Waals surface area contributed by atoms with Gasteiger partial charge in [-0.2, -0.15) is 0 Å². The van der Waals surface area contributed by atoms with Crippen LogP contribution in [-0.4, -0.2) is 24.4 Å². The fourth-order valence-corrected chi connectivity index (χ4v) is 3.37. The van der Waals surface area contributed by atoms with E-state index in [9.17, 15) is 4.79 Å². The molecule has 0 radical (unpaired) electrons. The number of hydrogen-bond acceptors (Lipinski definition) is 4. The van der Waals surface area contributed by atoms with Crippen LogP contribution in [0, 0.1) is 5.41 Å². The number of benzene rings is 1. The van der Waals surface area contributed by atoms with E-state index in [1.165, 1.54) is 7.11 Å². The quantitative estimate of drug-likeness (QED) is 0.766. The van der Waals surface area contributed by atoms with Gasteiger partial charge in [0, 0.05) is 11.4 Å². The lowest BCUT2D eigenvalue weighted by molar-refractivity contribution is -0.152. The highest BCUT2D eigenvalue weighted by Crippen LogP contribution is 2.41. The Kier molecular flexibility index (Phi) is 4.76. The molecule has 0 aliphatic carbocycles. The first kappa shape index (κ1) is 15.4. The molecule has 108 valence electrons. The molecule has 20 heavy (non-hydrogen) atoms. The van der Waals surface area contributed by atoms with Gasteiger partial charge in [0.2, 0.25) is 0 Å². The second kappa shape index (κ2) is 6.19. The van der Waals surface area contributed by atoms with E-state index in [0.717, 1.165) is 16.3 Å². The van der Waals surface area contributed by atoms with Crippen molar-refractivity contribution in [2.45, 2.75) is 26.2 Å². The third kappa shape index (κ3) is 2.86. The molecule has 5 heteroatoms. The van der Waals surface area contributed by atoms with Crippen LogP contribution in [0.5, 0.6) is 0 Å². The third-order valence-corrected chi connectivity index (χ3v) is 4.78. The number of methoxy groups -OCH3 is 1. The molecule has 1 unspecified atom stereocenters. The van der Waals surface area contributed by atoms with Crippen LogP contribution in [0.1, 0.15) is 25.3 Å². The summed E-state index contributed by atoms with van der Waals surface area (Å²) in [7, 11) is 1.44. The molecule has 0 aromatic heterocycles. The van der Waals surface area contributed by atoms with Crippen molar-refractivity contribution < 1.29 is 9.53 Å². The van der Waals surface area contributed by atoms with Crippen LogP contribution in [0.4, 0.5) is 5.69 Å². The van der Waals surface area contributed by atoms with Crippen molar-refractivity contribution in [1.29, 1.82) is 0 Å². The van der Waals surface area contributed by atoms with Gasteiger partial charge in [0.05, 0.1) is 23.3 Å². The average molecular weight is 312 g/mol. The van der Waals surface area contributed by atoms with Gasteiger partial charge in [0.15, 0.2) is 0 Å². The number of rotatable bonds is 2. The van der Waals surface area contributed by atoms with E-state index in [2.05, 4.69) is 4.99 Å². The molecule has 1 heterocycles. The zero-order valence-electron chi connectivity index (χ0n) is 11.9. The number of aliphatic imine (C=N–C) groups is 1. The maximum Gasteiger partial charge on any atom is 0.312 e. The van der Waals surface area contributed by atoms with Crippen LogP contribution in [0.25, 0.3) is 0 Å². The van der Waals surface area contributed by atoms with E-state index < -0.39 is 5.41 Å². The van der Waals surface area contributed by atoms with Crippen LogP contribution < -0.4 is 0 Å². The topological polar surface area (TPSA) is 38.7 Å². The molecule has 0 N–H and O–H groups in total. The summed E-state index contributed by atoms with van der Waals surface area (Å²) in [6.45, 7) is 2.02. The lowest BCUT2D eigenvalue weighted by Crippen LogP contribution is -2.35. The minimum absolute atomic E-state index is 0.172. The Balaban J connectivity index is 2.55. The highest BCUT2D eigenvalue weighted by molar-refractivity contribution is 8.13. The number of thioether (sulfide) groups is 1. The Bertz CT molecular complexity index is 559. The number of carbonyl (C=O) groups excluding carboxylic acids is 1. The minimum atomic E-state index is -0.549. The summed E-state index contributed by atoms with van der Waals surface area (Å²) in [6.07, 6.45) is 3.92. The van der Waals surface area contributed by atoms with Gasteiger partial charge in [0.1, 0.15) is 0 Å². The van der Waals surface area contributed by atoms with Crippen molar-refractivity contribution in [3.8, 4) is 0 Å². The highest BCUT2D eigenvalue weighted by atomic mass is 35.5. The van der Waals surface area contributed by atoms with Gasteiger partial charge in [-0.25, -0.2) is 4.99 Å². The number of carbonyl (C=O) groups is 1. The molecular formula is C15H18ClNO2S. The molecule has 3 nitrogen and oxygen atoms in total. The predicted octanol–water partition coefficient (Wildman–Crippen LogP) is 4.25. The van der Waals surface area contributed by atoms with Crippen LogP contribution in [0.15, 0.2) is 23.2 Å². The lowest BCUT2D eigenvalue weighted by atomic mass is 9.77. The Morgan fingerprint density at radius 3 is 2.85 bits per heavy atom. The molecule has 1 aliphatic rings. The summed E-state index contributed by atoms with van der Waals surface area (Å²) in [5.41, 5.74) is 1.36. The molecule has 2 rings (SSSR count). The Labute approximate surface area is 128 Å². The van der Waals surface area contributed by atoms with Gasteiger partial charge in [-0.1, -0.05) is 18.5 Å². The van der Waals surface area contributed by atoms with Crippen LogP contribution >= 0.6 is 23.4 Å². The lowest BCUT2D eigenvalue weighted by Gasteiger charge is -2.28. The number of hydrogen-bond donors (Lipinski definition) is 0. The second-order valence-corrected chi connectivity index (χ2v) is 6.28. The maximum atomic E-state index is 12.3. The molecular weight excluding hydrogens is 294 g/mol. The molecule has 1 aromatic rings. The zero-order chi connectivity index (χ0) is 14.8. The van der Waals surface area contributed by atoms with Gasteiger partial charge in [0.25, 0.3) is 0 Å². The van der Waals surface area contributed by atoms with Gasteiger partial charge >= 0.3 is 5.97 Å². The third-order valence-electron chi connectivity index (χ3n) is 3.84. The number of esters is 1. The van der Waals surface area contributed by atoms with Gasteiger partial charge in [-0.3, -0.25) is 4.79 Å². The monoisotopic (exact) mass is 311 g/mol. The average Bonchev–Trinajstić information content (AvgIpc) is 2.62. The Morgan fingerprint density at radius 1 is 1.50 bits per heavy atom. The van der Waals surface area contributed by atoms with E-state index in [-0.39, 0.29) is 5.97 Å². The van der Waals surface area contributed by atoms with Crippen LogP contribution in [0.2, 0.25) is 5.02 Å². The molecule has 1 aliphatic heterocycles.